The van der Waals surface area contributed by atoms with Gasteiger partial charge in [-0.3, -0.25) is 9.59 Å². The minimum Gasteiger partial charge on any atom is -0.494 e. The van der Waals surface area contributed by atoms with Gasteiger partial charge in [-0.15, -0.1) is 0 Å². The molecule has 0 atom stereocenters. The Kier molecular flexibility index (Phi) is 8.31. The van der Waals surface area contributed by atoms with Crippen LogP contribution in [0.2, 0.25) is 0 Å². The number of halogens is 1. The minimum absolute atomic E-state index is 0.357. The molecule has 0 unspecified atom stereocenters. The molecular formula is C24H20BrN3O5. The third-order valence-corrected chi connectivity index (χ3v) is 4.65. The number of esters is 1. The molecule has 0 spiro atoms. The molecule has 0 heterocycles. The molecule has 0 aliphatic carbocycles. The summed E-state index contributed by atoms with van der Waals surface area (Å²) in [5.41, 5.74) is 3.66. The van der Waals surface area contributed by atoms with Crippen LogP contribution in [0.5, 0.6) is 11.5 Å². The van der Waals surface area contributed by atoms with Crippen LogP contribution in [0.3, 0.4) is 0 Å². The summed E-state index contributed by atoms with van der Waals surface area (Å²) in [5, 5.41) is 6.24. The van der Waals surface area contributed by atoms with Crippen LogP contribution in [0, 0.1) is 0 Å². The summed E-state index contributed by atoms with van der Waals surface area (Å²) in [6, 6.07) is 20.0. The Bertz CT molecular complexity index is 1160. The Morgan fingerprint density at radius 2 is 1.64 bits per heavy atom. The van der Waals surface area contributed by atoms with Gasteiger partial charge in [-0.2, -0.15) is 5.10 Å². The van der Waals surface area contributed by atoms with E-state index < -0.39 is 17.8 Å². The summed E-state index contributed by atoms with van der Waals surface area (Å²) in [6.45, 7) is 2.40. The summed E-state index contributed by atoms with van der Waals surface area (Å²) in [7, 11) is 0. The highest BCUT2D eigenvalue weighted by Crippen LogP contribution is 2.17. The van der Waals surface area contributed by atoms with Crippen LogP contribution >= 0.6 is 15.9 Å². The SMILES string of the molecule is CCOc1ccc(NC(=O)C(=O)N/N=C/c2ccc(OC(=O)c3cccc(Br)c3)cc2)cc1. The Labute approximate surface area is 198 Å². The Morgan fingerprint density at radius 3 is 2.30 bits per heavy atom. The van der Waals surface area contributed by atoms with Crippen molar-refractivity contribution in [3.8, 4) is 11.5 Å². The fourth-order valence-corrected chi connectivity index (χ4v) is 3.01. The molecule has 168 valence electrons. The quantitative estimate of drug-likeness (QED) is 0.163. The molecule has 0 aromatic heterocycles. The van der Waals surface area contributed by atoms with Gasteiger partial charge in [0.25, 0.3) is 0 Å². The first kappa shape index (κ1) is 23.7. The van der Waals surface area contributed by atoms with E-state index in [1.807, 2.05) is 13.0 Å². The number of anilines is 1. The predicted octanol–water partition coefficient (Wildman–Crippen LogP) is 4.16. The minimum atomic E-state index is -0.917. The summed E-state index contributed by atoms with van der Waals surface area (Å²) in [6.07, 6.45) is 1.36. The fraction of sp³-hybridized carbons (Fsp3) is 0.0833. The number of nitrogens with zero attached hydrogens (tertiary/aromatic N) is 1. The maximum Gasteiger partial charge on any atom is 0.343 e. The van der Waals surface area contributed by atoms with Crippen LogP contribution in [-0.2, 0) is 9.59 Å². The van der Waals surface area contributed by atoms with E-state index in [0.717, 1.165) is 4.47 Å². The summed E-state index contributed by atoms with van der Waals surface area (Å²) in [5.74, 6) is -1.23. The van der Waals surface area contributed by atoms with Crippen LogP contribution in [0.1, 0.15) is 22.8 Å². The number of hydrazone groups is 1. The number of ether oxygens (including phenoxy) is 2. The van der Waals surface area contributed by atoms with Gasteiger partial charge in [0.1, 0.15) is 11.5 Å². The molecule has 0 radical (unpaired) electrons. The number of rotatable bonds is 7. The molecular weight excluding hydrogens is 490 g/mol. The van der Waals surface area contributed by atoms with Crippen molar-refractivity contribution in [2.45, 2.75) is 6.92 Å². The zero-order valence-electron chi connectivity index (χ0n) is 17.6. The van der Waals surface area contributed by atoms with E-state index in [2.05, 4.69) is 31.8 Å². The zero-order valence-corrected chi connectivity index (χ0v) is 19.2. The third-order valence-electron chi connectivity index (χ3n) is 4.16. The van der Waals surface area contributed by atoms with Gasteiger partial charge in [-0.1, -0.05) is 22.0 Å². The topological polar surface area (TPSA) is 106 Å². The average molecular weight is 510 g/mol. The Hall–Kier alpha value is -3.98. The van der Waals surface area contributed by atoms with Gasteiger partial charge in [0.15, 0.2) is 0 Å². The first-order valence-corrected chi connectivity index (χ1v) is 10.7. The van der Waals surface area contributed by atoms with Crippen molar-refractivity contribution in [1.82, 2.24) is 5.43 Å². The van der Waals surface area contributed by atoms with Gasteiger partial charge in [0.05, 0.1) is 18.4 Å². The van der Waals surface area contributed by atoms with Crippen LogP contribution < -0.4 is 20.2 Å². The lowest BCUT2D eigenvalue weighted by Gasteiger charge is -2.06. The lowest BCUT2D eigenvalue weighted by atomic mass is 10.2. The average Bonchev–Trinajstić information content (AvgIpc) is 2.81. The smallest absolute Gasteiger partial charge is 0.343 e. The van der Waals surface area contributed by atoms with Crippen LogP contribution in [-0.4, -0.2) is 30.6 Å². The number of carbonyl (C=O) groups excluding carboxylic acids is 3. The molecule has 3 rings (SSSR count). The van der Waals surface area contributed by atoms with Gasteiger partial charge in [0.2, 0.25) is 0 Å². The zero-order chi connectivity index (χ0) is 23.6. The van der Waals surface area contributed by atoms with Crippen molar-refractivity contribution in [1.29, 1.82) is 0 Å². The summed E-state index contributed by atoms with van der Waals surface area (Å²) < 4.78 is 11.4. The van der Waals surface area contributed by atoms with Crippen molar-refractivity contribution >= 4 is 45.6 Å². The van der Waals surface area contributed by atoms with E-state index in [-0.39, 0.29) is 0 Å². The second kappa shape index (κ2) is 11.6. The van der Waals surface area contributed by atoms with Gasteiger partial charge in [-0.25, -0.2) is 10.2 Å². The maximum atomic E-state index is 12.2. The first-order valence-electron chi connectivity index (χ1n) is 9.89. The van der Waals surface area contributed by atoms with E-state index in [4.69, 9.17) is 9.47 Å². The Balaban J connectivity index is 1.48. The first-order chi connectivity index (χ1) is 15.9. The second-order valence-corrected chi connectivity index (χ2v) is 7.50. The van der Waals surface area contributed by atoms with E-state index in [1.54, 1.807) is 66.7 Å². The lowest BCUT2D eigenvalue weighted by molar-refractivity contribution is -0.136. The highest BCUT2D eigenvalue weighted by atomic mass is 79.9. The molecule has 3 aromatic carbocycles. The third kappa shape index (κ3) is 7.29. The van der Waals surface area contributed by atoms with Crippen molar-refractivity contribution in [3.63, 3.8) is 0 Å². The van der Waals surface area contributed by atoms with Crippen molar-refractivity contribution < 1.29 is 23.9 Å². The van der Waals surface area contributed by atoms with Gasteiger partial charge in [-0.05, 0) is 79.2 Å². The number of benzene rings is 3. The van der Waals surface area contributed by atoms with E-state index >= 15 is 0 Å². The molecule has 0 aliphatic heterocycles. The second-order valence-electron chi connectivity index (χ2n) is 6.58. The Morgan fingerprint density at radius 1 is 0.939 bits per heavy atom. The number of amides is 2. The van der Waals surface area contributed by atoms with Gasteiger partial charge < -0.3 is 14.8 Å². The maximum absolute atomic E-state index is 12.2. The van der Waals surface area contributed by atoms with Crippen LogP contribution in [0.15, 0.2) is 82.4 Å². The van der Waals surface area contributed by atoms with E-state index in [1.165, 1.54) is 6.21 Å². The van der Waals surface area contributed by atoms with Crippen molar-refractivity contribution in [2.75, 3.05) is 11.9 Å². The summed E-state index contributed by atoms with van der Waals surface area (Å²) in [4.78, 5) is 36.1. The molecule has 2 N–H and O–H groups in total. The highest BCUT2D eigenvalue weighted by Gasteiger charge is 2.13. The lowest BCUT2D eigenvalue weighted by Crippen LogP contribution is -2.32. The van der Waals surface area contributed by atoms with Crippen LogP contribution in [0.4, 0.5) is 5.69 Å². The highest BCUT2D eigenvalue weighted by molar-refractivity contribution is 9.10. The largest absolute Gasteiger partial charge is 0.494 e. The number of hydrogen-bond donors (Lipinski definition) is 2. The van der Waals surface area contributed by atoms with E-state index in [9.17, 15) is 14.4 Å². The molecule has 0 saturated carbocycles. The molecule has 0 aliphatic rings. The van der Waals surface area contributed by atoms with Gasteiger partial charge in [0, 0.05) is 10.2 Å². The van der Waals surface area contributed by atoms with E-state index in [0.29, 0.717) is 34.9 Å². The number of carbonyl (C=O) groups is 3. The van der Waals surface area contributed by atoms with Crippen LogP contribution in [0.25, 0.3) is 0 Å². The fourth-order valence-electron chi connectivity index (χ4n) is 2.61. The van der Waals surface area contributed by atoms with Gasteiger partial charge >= 0.3 is 17.8 Å². The molecule has 2 amide bonds. The predicted molar refractivity (Wildman–Crippen MR) is 128 cm³/mol. The van der Waals surface area contributed by atoms with Crippen molar-refractivity contribution in [3.05, 3.63) is 88.4 Å². The van der Waals surface area contributed by atoms with Crippen molar-refractivity contribution in [2.24, 2.45) is 5.10 Å². The molecule has 9 heteroatoms. The molecule has 0 bridgehead atoms. The molecule has 8 nitrogen and oxygen atoms in total. The molecule has 3 aromatic rings. The normalized spacial score (nSPS) is 10.5. The molecule has 0 fully saturated rings. The number of nitrogens with one attached hydrogen (secondary N) is 2. The monoisotopic (exact) mass is 509 g/mol. The standard InChI is InChI=1S/C24H20BrN3O5/c1-2-32-20-12-8-19(9-13-20)27-22(29)23(30)28-26-15-16-6-10-21(11-7-16)33-24(31)17-4-3-5-18(25)14-17/h3-15H,2H2,1H3,(H,27,29)(H,28,30)/b26-15+. The summed E-state index contributed by atoms with van der Waals surface area (Å²) >= 11 is 3.31. The molecule has 33 heavy (non-hydrogen) atoms. The molecule has 0 saturated heterocycles. The number of hydrogen-bond acceptors (Lipinski definition) is 6.